The molecule has 3 aromatic rings. The number of likely N-dealkylation sites (tertiary alicyclic amines) is 1. The van der Waals surface area contributed by atoms with Crippen LogP contribution in [0.15, 0.2) is 87.3 Å². The summed E-state index contributed by atoms with van der Waals surface area (Å²) in [5.74, 6) is -0.00448. The summed E-state index contributed by atoms with van der Waals surface area (Å²) in [6, 6.07) is 21.8. The highest BCUT2D eigenvalue weighted by molar-refractivity contribution is 9.10. The maximum absolute atomic E-state index is 13.6. The molecule has 0 spiro atoms. The summed E-state index contributed by atoms with van der Waals surface area (Å²) < 4.78 is 34.1. The molecule has 10 heteroatoms. The van der Waals surface area contributed by atoms with Gasteiger partial charge < -0.3 is 4.74 Å². The van der Waals surface area contributed by atoms with Crippen LogP contribution in [0.4, 0.5) is 5.69 Å². The molecule has 0 unspecified atom stereocenters. The Morgan fingerprint density at radius 3 is 2.37 bits per heavy atom. The third kappa shape index (κ3) is 7.00. The number of halogens is 1. The smallest absolute Gasteiger partial charge is 0.264 e. The number of carbonyl (C=O) groups excluding carboxylic acids is 1. The number of rotatable bonds is 9. The van der Waals surface area contributed by atoms with Crippen molar-refractivity contribution in [2.75, 3.05) is 31.0 Å². The number of anilines is 1. The Balaban J connectivity index is 1.45. The molecule has 0 bridgehead atoms. The molecule has 1 saturated heterocycles. The van der Waals surface area contributed by atoms with Crippen molar-refractivity contribution < 1.29 is 17.9 Å². The summed E-state index contributed by atoms with van der Waals surface area (Å²) in [7, 11) is -2.55. The summed E-state index contributed by atoms with van der Waals surface area (Å²) >= 11 is 3.35. The summed E-state index contributed by atoms with van der Waals surface area (Å²) in [6.45, 7) is 4.08. The van der Waals surface area contributed by atoms with Crippen molar-refractivity contribution in [1.82, 2.24) is 10.3 Å². The van der Waals surface area contributed by atoms with Gasteiger partial charge >= 0.3 is 0 Å². The second-order valence-corrected chi connectivity index (χ2v) is 11.8. The van der Waals surface area contributed by atoms with E-state index in [9.17, 15) is 13.2 Å². The second-order valence-electron chi connectivity index (χ2n) is 9.12. The van der Waals surface area contributed by atoms with E-state index in [-0.39, 0.29) is 4.90 Å². The minimum Gasteiger partial charge on any atom is -0.496 e. The number of sulfonamides is 1. The molecule has 4 rings (SSSR count). The van der Waals surface area contributed by atoms with E-state index in [1.807, 2.05) is 37.3 Å². The SMILES string of the molecule is COc1ccc(S(=O)(=O)N(CC(=O)NN=C2CCN(Cc3ccccc3)CC2)c2ccc(C)cc2)cc1Br. The van der Waals surface area contributed by atoms with Crippen LogP contribution in [-0.4, -0.2) is 51.7 Å². The maximum atomic E-state index is 13.6. The van der Waals surface area contributed by atoms with E-state index in [0.717, 1.165) is 48.1 Å². The Morgan fingerprint density at radius 2 is 1.74 bits per heavy atom. The largest absolute Gasteiger partial charge is 0.496 e. The topological polar surface area (TPSA) is 91.3 Å². The van der Waals surface area contributed by atoms with Crippen LogP contribution in [0.3, 0.4) is 0 Å². The molecular formula is C28H31BrN4O4S. The first-order valence-electron chi connectivity index (χ1n) is 12.3. The molecular weight excluding hydrogens is 568 g/mol. The highest BCUT2D eigenvalue weighted by Gasteiger charge is 2.28. The van der Waals surface area contributed by atoms with Crippen LogP contribution in [0.5, 0.6) is 5.75 Å². The molecule has 1 heterocycles. The van der Waals surface area contributed by atoms with Gasteiger partial charge in [0.15, 0.2) is 0 Å². The molecule has 0 aromatic heterocycles. The Bertz CT molecular complexity index is 1390. The van der Waals surface area contributed by atoms with E-state index >= 15 is 0 Å². The number of methoxy groups -OCH3 is 1. The Labute approximate surface area is 232 Å². The predicted molar refractivity (Wildman–Crippen MR) is 153 cm³/mol. The molecule has 0 radical (unpaired) electrons. The van der Waals surface area contributed by atoms with E-state index in [4.69, 9.17) is 4.74 Å². The van der Waals surface area contributed by atoms with Gasteiger partial charge in [-0.1, -0.05) is 48.0 Å². The molecule has 1 fully saturated rings. The summed E-state index contributed by atoms with van der Waals surface area (Å²) in [4.78, 5) is 15.3. The molecule has 1 N–H and O–H groups in total. The standard InChI is InChI=1S/C28H31BrN4O4S/c1-21-8-10-24(11-9-21)33(38(35,36)25-12-13-27(37-2)26(29)18-25)20-28(34)31-30-23-14-16-32(17-15-23)19-22-6-4-3-5-7-22/h3-13,18H,14-17,19-20H2,1-2H3,(H,31,34). The Morgan fingerprint density at radius 1 is 1.05 bits per heavy atom. The van der Waals surface area contributed by atoms with E-state index in [1.54, 1.807) is 18.2 Å². The number of nitrogens with zero attached hydrogens (tertiary/aromatic N) is 3. The zero-order valence-corrected chi connectivity index (χ0v) is 23.8. The minimum absolute atomic E-state index is 0.0376. The van der Waals surface area contributed by atoms with Gasteiger partial charge in [-0.25, -0.2) is 13.8 Å². The van der Waals surface area contributed by atoms with Crippen molar-refractivity contribution in [3.05, 3.63) is 88.4 Å². The highest BCUT2D eigenvalue weighted by atomic mass is 79.9. The van der Waals surface area contributed by atoms with Gasteiger partial charge in [-0.15, -0.1) is 0 Å². The fourth-order valence-corrected chi connectivity index (χ4v) is 6.33. The molecule has 1 aliphatic rings. The van der Waals surface area contributed by atoms with Crippen LogP contribution in [0, 0.1) is 6.92 Å². The van der Waals surface area contributed by atoms with Gasteiger partial charge in [0.1, 0.15) is 12.3 Å². The van der Waals surface area contributed by atoms with Crippen LogP contribution in [0.2, 0.25) is 0 Å². The fraction of sp³-hybridized carbons (Fsp3) is 0.286. The number of carbonyl (C=O) groups is 1. The summed E-state index contributed by atoms with van der Waals surface area (Å²) in [5.41, 5.74) is 6.11. The van der Waals surface area contributed by atoms with Gasteiger partial charge in [-0.05, 0) is 58.7 Å². The van der Waals surface area contributed by atoms with Crippen LogP contribution >= 0.6 is 15.9 Å². The average Bonchev–Trinajstić information content (AvgIpc) is 2.92. The van der Waals surface area contributed by atoms with E-state index in [0.29, 0.717) is 15.9 Å². The lowest BCUT2D eigenvalue weighted by Crippen LogP contribution is -2.40. The first-order chi connectivity index (χ1) is 18.3. The zero-order valence-electron chi connectivity index (χ0n) is 21.4. The maximum Gasteiger partial charge on any atom is 0.264 e. The predicted octanol–water partition coefficient (Wildman–Crippen LogP) is 4.73. The van der Waals surface area contributed by atoms with Gasteiger partial charge in [0.05, 0.1) is 22.2 Å². The number of ether oxygens (including phenoxy) is 1. The van der Waals surface area contributed by atoms with Crippen molar-refractivity contribution in [1.29, 1.82) is 0 Å². The van der Waals surface area contributed by atoms with E-state index in [2.05, 4.69) is 43.5 Å². The summed E-state index contributed by atoms with van der Waals surface area (Å²) in [5, 5.41) is 4.32. The number of amides is 1. The van der Waals surface area contributed by atoms with Gasteiger partial charge in [0.2, 0.25) is 0 Å². The number of benzene rings is 3. The lowest BCUT2D eigenvalue weighted by atomic mass is 10.1. The first-order valence-corrected chi connectivity index (χ1v) is 14.5. The minimum atomic E-state index is -4.06. The van der Waals surface area contributed by atoms with Crippen LogP contribution in [-0.2, 0) is 21.4 Å². The van der Waals surface area contributed by atoms with Crippen molar-refractivity contribution >= 4 is 43.3 Å². The van der Waals surface area contributed by atoms with Crippen molar-refractivity contribution in [3.8, 4) is 5.75 Å². The number of nitrogens with one attached hydrogen (secondary N) is 1. The third-order valence-corrected chi connectivity index (χ3v) is 8.73. The van der Waals surface area contributed by atoms with Crippen LogP contribution in [0.1, 0.15) is 24.0 Å². The van der Waals surface area contributed by atoms with Crippen molar-refractivity contribution in [2.45, 2.75) is 31.2 Å². The van der Waals surface area contributed by atoms with Gasteiger partial charge in [-0.3, -0.25) is 14.0 Å². The number of piperidine rings is 1. The van der Waals surface area contributed by atoms with Crippen LogP contribution in [0.25, 0.3) is 0 Å². The van der Waals surface area contributed by atoms with Crippen LogP contribution < -0.4 is 14.5 Å². The average molecular weight is 600 g/mol. The molecule has 0 saturated carbocycles. The summed E-state index contributed by atoms with van der Waals surface area (Å²) in [6.07, 6.45) is 1.49. The molecule has 1 aliphatic heterocycles. The number of hydrogen-bond donors (Lipinski definition) is 1. The van der Waals surface area contributed by atoms with Gasteiger partial charge in [0, 0.05) is 38.2 Å². The third-order valence-electron chi connectivity index (χ3n) is 6.34. The fourth-order valence-electron chi connectivity index (χ4n) is 4.19. The van der Waals surface area contributed by atoms with E-state index in [1.165, 1.54) is 24.8 Å². The quantitative estimate of drug-likeness (QED) is 0.360. The van der Waals surface area contributed by atoms with Crippen molar-refractivity contribution in [3.63, 3.8) is 0 Å². The number of hydrazone groups is 1. The lowest BCUT2D eigenvalue weighted by Gasteiger charge is -2.27. The molecule has 0 atom stereocenters. The Hall–Kier alpha value is -3.21. The molecule has 38 heavy (non-hydrogen) atoms. The lowest BCUT2D eigenvalue weighted by molar-refractivity contribution is -0.119. The molecule has 0 aliphatic carbocycles. The zero-order chi connectivity index (χ0) is 27.1. The monoisotopic (exact) mass is 598 g/mol. The number of hydrogen-bond acceptors (Lipinski definition) is 6. The second kappa shape index (κ2) is 12.6. The van der Waals surface area contributed by atoms with E-state index < -0.39 is 22.5 Å². The first kappa shape index (κ1) is 27.8. The molecule has 8 nitrogen and oxygen atoms in total. The number of aryl methyl sites for hydroxylation is 1. The van der Waals surface area contributed by atoms with Gasteiger partial charge in [0.25, 0.3) is 15.9 Å². The molecule has 200 valence electrons. The highest BCUT2D eigenvalue weighted by Crippen LogP contribution is 2.30. The Kier molecular flexibility index (Phi) is 9.19. The molecule has 3 aromatic carbocycles. The van der Waals surface area contributed by atoms with Gasteiger partial charge in [-0.2, -0.15) is 5.10 Å². The molecule has 1 amide bonds. The van der Waals surface area contributed by atoms with Crippen molar-refractivity contribution in [2.24, 2.45) is 5.10 Å². The normalized spacial score (nSPS) is 14.1.